The van der Waals surface area contributed by atoms with Crippen LogP contribution in [0.5, 0.6) is 0 Å². The number of hydrogen-bond acceptors (Lipinski definition) is 6. The van der Waals surface area contributed by atoms with E-state index < -0.39 is 29.2 Å². The Balaban J connectivity index is 1.88. The first-order valence-electron chi connectivity index (χ1n) is 6.62. The summed E-state index contributed by atoms with van der Waals surface area (Å²) in [7, 11) is 0. The number of ether oxygens (including phenoxy) is 4. The van der Waals surface area contributed by atoms with Gasteiger partial charge < -0.3 is 18.9 Å². The molecule has 0 spiro atoms. The summed E-state index contributed by atoms with van der Waals surface area (Å²) in [6, 6.07) is 0. The molecule has 19 heavy (non-hydrogen) atoms. The molecule has 1 aliphatic carbocycles. The third kappa shape index (κ3) is 1.77. The van der Waals surface area contributed by atoms with E-state index >= 15 is 0 Å². The van der Waals surface area contributed by atoms with Gasteiger partial charge in [-0.25, -0.2) is 0 Å². The Kier molecular flexibility index (Phi) is 2.66. The molecule has 0 aromatic rings. The van der Waals surface area contributed by atoms with E-state index in [0.717, 1.165) is 0 Å². The Morgan fingerprint density at radius 1 is 1.32 bits per heavy atom. The standard InChI is InChI=1S/C13H18O6/c1-4-16-10(14)13-5-7(17-11(13)15)9-8(6-13)18-12(2,3)19-9/h7-9H,4-6H2,1-3H3. The van der Waals surface area contributed by atoms with Gasteiger partial charge in [0.15, 0.2) is 11.2 Å². The second-order valence-electron chi connectivity index (χ2n) is 5.79. The van der Waals surface area contributed by atoms with Crippen LogP contribution in [0.25, 0.3) is 0 Å². The average molecular weight is 270 g/mol. The van der Waals surface area contributed by atoms with Crippen molar-refractivity contribution in [2.24, 2.45) is 5.41 Å². The first kappa shape index (κ1) is 12.9. The zero-order valence-corrected chi connectivity index (χ0v) is 11.3. The molecule has 3 rings (SSSR count). The summed E-state index contributed by atoms with van der Waals surface area (Å²) in [4.78, 5) is 24.2. The molecule has 6 nitrogen and oxygen atoms in total. The first-order valence-corrected chi connectivity index (χ1v) is 6.62. The molecular weight excluding hydrogens is 252 g/mol. The Morgan fingerprint density at radius 3 is 2.68 bits per heavy atom. The molecule has 0 N–H and O–H groups in total. The predicted octanol–water partition coefficient (Wildman–Crippen LogP) is 0.775. The van der Waals surface area contributed by atoms with Crippen molar-refractivity contribution in [2.75, 3.05) is 6.61 Å². The minimum absolute atomic E-state index is 0.246. The fourth-order valence-electron chi connectivity index (χ4n) is 3.27. The summed E-state index contributed by atoms with van der Waals surface area (Å²) < 4.78 is 21.9. The Bertz CT molecular complexity index is 431. The van der Waals surface area contributed by atoms with Crippen LogP contribution in [0.3, 0.4) is 0 Å². The molecule has 1 saturated carbocycles. The number of fused-ring (bicyclic) bond motifs is 4. The molecule has 3 fully saturated rings. The highest BCUT2D eigenvalue weighted by Gasteiger charge is 2.66. The van der Waals surface area contributed by atoms with Gasteiger partial charge in [-0.2, -0.15) is 0 Å². The van der Waals surface area contributed by atoms with Crippen molar-refractivity contribution in [1.29, 1.82) is 0 Å². The molecule has 0 amide bonds. The van der Waals surface area contributed by atoms with Gasteiger partial charge in [0.1, 0.15) is 12.2 Å². The van der Waals surface area contributed by atoms with E-state index in [4.69, 9.17) is 18.9 Å². The summed E-state index contributed by atoms with van der Waals surface area (Å²) in [6.07, 6.45) is -0.411. The van der Waals surface area contributed by atoms with Crippen molar-refractivity contribution in [3.63, 3.8) is 0 Å². The smallest absolute Gasteiger partial charge is 0.324 e. The predicted molar refractivity (Wildman–Crippen MR) is 62.0 cm³/mol. The molecule has 6 heteroatoms. The highest BCUT2D eigenvalue weighted by atomic mass is 16.8. The molecule has 4 atom stereocenters. The van der Waals surface area contributed by atoms with Gasteiger partial charge in [-0.1, -0.05) is 0 Å². The van der Waals surface area contributed by atoms with Crippen LogP contribution in [0.1, 0.15) is 33.6 Å². The maximum Gasteiger partial charge on any atom is 0.324 e. The molecule has 2 heterocycles. The molecule has 106 valence electrons. The molecule has 0 radical (unpaired) electrons. The van der Waals surface area contributed by atoms with E-state index in [1.54, 1.807) is 6.92 Å². The molecular formula is C13H18O6. The summed E-state index contributed by atoms with van der Waals surface area (Å²) in [5.74, 6) is -1.72. The minimum atomic E-state index is -1.20. The van der Waals surface area contributed by atoms with Crippen molar-refractivity contribution in [3.05, 3.63) is 0 Å². The zero-order valence-electron chi connectivity index (χ0n) is 11.3. The normalized spacial score (nSPS) is 42.7. The van der Waals surface area contributed by atoms with E-state index in [1.165, 1.54) is 0 Å². The van der Waals surface area contributed by atoms with Crippen molar-refractivity contribution in [2.45, 2.75) is 57.7 Å². The van der Waals surface area contributed by atoms with E-state index in [-0.39, 0.29) is 25.2 Å². The molecule has 2 aliphatic heterocycles. The van der Waals surface area contributed by atoms with Crippen molar-refractivity contribution >= 4 is 11.9 Å². The highest BCUT2D eigenvalue weighted by molar-refractivity contribution is 6.01. The Labute approximate surface area is 111 Å². The lowest BCUT2D eigenvalue weighted by atomic mass is 9.73. The minimum Gasteiger partial charge on any atom is -0.465 e. The number of carbonyl (C=O) groups excluding carboxylic acids is 2. The van der Waals surface area contributed by atoms with E-state index in [9.17, 15) is 9.59 Å². The number of rotatable bonds is 2. The lowest BCUT2D eigenvalue weighted by Crippen LogP contribution is -2.47. The van der Waals surface area contributed by atoms with Crippen LogP contribution in [0, 0.1) is 5.41 Å². The van der Waals surface area contributed by atoms with Crippen LogP contribution in [-0.2, 0) is 28.5 Å². The van der Waals surface area contributed by atoms with Crippen LogP contribution < -0.4 is 0 Å². The van der Waals surface area contributed by atoms with E-state index in [0.29, 0.717) is 6.42 Å². The van der Waals surface area contributed by atoms with Crippen LogP contribution in [-0.4, -0.2) is 42.6 Å². The van der Waals surface area contributed by atoms with Crippen molar-refractivity contribution < 1.29 is 28.5 Å². The molecule has 2 saturated heterocycles. The van der Waals surface area contributed by atoms with E-state index in [2.05, 4.69) is 0 Å². The molecule has 0 aromatic heterocycles. The fraction of sp³-hybridized carbons (Fsp3) is 0.846. The van der Waals surface area contributed by atoms with Crippen LogP contribution in [0.4, 0.5) is 0 Å². The van der Waals surface area contributed by atoms with Gasteiger partial charge in [-0.3, -0.25) is 9.59 Å². The number of hydrogen-bond donors (Lipinski definition) is 0. The van der Waals surface area contributed by atoms with E-state index in [1.807, 2.05) is 13.8 Å². The second kappa shape index (κ2) is 3.93. The molecule has 2 bridgehead atoms. The van der Waals surface area contributed by atoms with Crippen LogP contribution >= 0.6 is 0 Å². The molecule has 4 unspecified atom stereocenters. The maximum absolute atomic E-state index is 12.1. The third-order valence-electron chi connectivity index (χ3n) is 4.00. The lowest BCUT2D eigenvalue weighted by Gasteiger charge is -2.31. The van der Waals surface area contributed by atoms with Crippen molar-refractivity contribution in [3.8, 4) is 0 Å². The summed E-state index contributed by atoms with van der Waals surface area (Å²) >= 11 is 0. The van der Waals surface area contributed by atoms with Crippen molar-refractivity contribution in [1.82, 2.24) is 0 Å². The van der Waals surface area contributed by atoms with Gasteiger partial charge in [0.05, 0.1) is 12.7 Å². The SMILES string of the molecule is CCOC(=O)C12CC(OC1=O)C1OC(C)(C)OC1C2. The zero-order chi connectivity index (χ0) is 13.8. The maximum atomic E-state index is 12.1. The first-order chi connectivity index (χ1) is 8.88. The van der Waals surface area contributed by atoms with Gasteiger partial charge in [0.2, 0.25) is 0 Å². The Morgan fingerprint density at radius 2 is 2.00 bits per heavy atom. The fourth-order valence-corrected chi connectivity index (χ4v) is 3.27. The highest BCUT2D eigenvalue weighted by Crippen LogP contribution is 2.51. The average Bonchev–Trinajstić information content (AvgIpc) is 2.76. The monoisotopic (exact) mass is 270 g/mol. The van der Waals surface area contributed by atoms with Gasteiger partial charge in [0, 0.05) is 12.8 Å². The number of esters is 2. The largest absolute Gasteiger partial charge is 0.465 e. The van der Waals surface area contributed by atoms with Gasteiger partial charge in [0.25, 0.3) is 0 Å². The quantitative estimate of drug-likeness (QED) is 0.545. The lowest BCUT2D eigenvalue weighted by molar-refractivity contribution is -0.174. The molecule has 3 aliphatic rings. The van der Waals surface area contributed by atoms with Gasteiger partial charge in [-0.15, -0.1) is 0 Å². The van der Waals surface area contributed by atoms with Crippen LogP contribution in [0.2, 0.25) is 0 Å². The van der Waals surface area contributed by atoms with Gasteiger partial charge >= 0.3 is 11.9 Å². The van der Waals surface area contributed by atoms with Crippen LogP contribution in [0.15, 0.2) is 0 Å². The number of carbonyl (C=O) groups is 2. The van der Waals surface area contributed by atoms with Gasteiger partial charge in [-0.05, 0) is 20.8 Å². The second-order valence-corrected chi connectivity index (χ2v) is 5.79. The third-order valence-corrected chi connectivity index (χ3v) is 4.00. The summed E-state index contributed by atoms with van der Waals surface area (Å²) in [6.45, 7) is 5.60. The Hall–Kier alpha value is -1.14. The topological polar surface area (TPSA) is 71.1 Å². The summed E-state index contributed by atoms with van der Waals surface area (Å²) in [5.41, 5.74) is -1.20. The molecule has 0 aromatic carbocycles. The summed E-state index contributed by atoms with van der Waals surface area (Å²) in [5, 5.41) is 0.